The van der Waals surface area contributed by atoms with Crippen LogP contribution in [0.3, 0.4) is 0 Å². The zero-order chi connectivity index (χ0) is 18.4. The first kappa shape index (κ1) is 19.5. The van der Waals surface area contributed by atoms with E-state index in [4.69, 9.17) is 4.74 Å². The lowest BCUT2D eigenvalue weighted by Crippen LogP contribution is -2.42. The highest BCUT2D eigenvalue weighted by Gasteiger charge is 2.30. The van der Waals surface area contributed by atoms with Crippen LogP contribution in [0.5, 0.6) is 5.75 Å². The van der Waals surface area contributed by atoms with Crippen LogP contribution in [-0.2, 0) is 10.0 Å². The number of urea groups is 1. The Morgan fingerprint density at radius 1 is 1.24 bits per heavy atom. The Morgan fingerprint density at radius 3 is 2.68 bits per heavy atom. The van der Waals surface area contributed by atoms with Gasteiger partial charge >= 0.3 is 6.03 Å². The lowest BCUT2D eigenvalue weighted by atomic mass is 10.2. The highest BCUT2D eigenvalue weighted by Crippen LogP contribution is 2.28. The SMILES string of the molecule is CCCNC(=O)N1CCCN(S(=O)(=O)c2cc(C)ccc2OC)CC1. The smallest absolute Gasteiger partial charge is 0.317 e. The molecule has 1 saturated heterocycles. The van der Waals surface area contributed by atoms with Crippen molar-refractivity contribution in [3.63, 3.8) is 0 Å². The van der Waals surface area contributed by atoms with E-state index >= 15 is 0 Å². The normalized spacial score (nSPS) is 16.4. The molecule has 0 aliphatic carbocycles. The Hall–Kier alpha value is -1.80. The minimum atomic E-state index is -3.67. The monoisotopic (exact) mass is 369 g/mol. The quantitative estimate of drug-likeness (QED) is 0.859. The zero-order valence-electron chi connectivity index (χ0n) is 15.1. The number of amides is 2. The van der Waals surface area contributed by atoms with Crippen molar-refractivity contribution in [3.8, 4) is 5.75 Å². The summed E-state index contributed by atoms with van der Waals surface area (Å²) in [5, 5.41) is 2.84. The van der Waals surface area contributed by atoms with Crippen LogP contribution < -0.4 is 10.1 Å². The van der Waals surface area contributed by atoms with Crippen LogP contribution in [0.25, 0.3) is 0 Å². The molecular formula is C17H27N3O4S. The highest BCUT2D eigenvalue weighted by molar-refractivity contribution is 7.89. The van der Waals surface area contributed by atoms with E-state index in [1.54, 1.807) is 17.0 Å². The number of nitrogens with zero attached hydrogens (tertiary/aromatic N) is 2. The van der Waals surface area contributed by atoms with Gasteiger partial charge in [-0.3, -0.25) is 0 Å². The summed E-state index contributed by atoms with van der Waals surface area (Å²) in [6, 6.07) is 4.99. The lowest BCUT2D eigenvalue weighted by Gasteiger charge is -2.23. The highest BCUT2D eigenvalue weighted by atomic mass is 32.2. The molecule has 2 rings (SSSR count). The van der Waals surface area contributed by atoms with Gasteiger partial charge in [-0.25, -0.2) is 13.2 Å². The molecule has 0 unspecified atom stereocenters. The molecule has 1 aliphatic heterocycles. The van der Waals surface area contributed by atoms with Gasteiger partial charge in [0, 0.05) is 32.7 Å². The summed E-state index contributed by atoms with van der Waals surface area (Å²) in [6.07, 6.45) is 1.47. The fraction of sp³-hybridized carbons (Fsp3) is 0.588. The molecule has 0 bridgehead atoms. The number of hydrogen-bond acceptors (Lipinski definition) is 4. The molecule has 0 saturated carbocycles. The van der Waals surface area contributed by atoms with Crippen molar-refractivity contribution in [1.82, 2.24) is 14.5 Å². The van der Waals surface area contributed by atoms with Crippen LogP contribution in [0, 0.1) is 6.92 Å². The van der Waals surface area contributed by atoms with E-state index in [-0.39, 0.29) is 17.5 Å². The molecule has 25 heavy (non-hydrogen) atoms. The van der Waals surface area contributed by atoms with Gasteiger partial charge in [0.25, 0.3) is 0 Å². The molecule has 1 heterocycles. The third-order valence-corrected chi connectivity index (χ3v) is 6.13. The van der Waals surface area contributed by atoms with Gasteiger partial charge in [-0.1, -0.05) is 13.0 Å². The molecule has 7 nitrogen and oxygen atoms in total. The first-order valence-corrected chi connectivity index (χ1v) is 10.0. The van der Waals surface area contributed by atoms with E-state index in [2.05, 4.69) is 5.32 Å². The van der Waals surface area contributed by atoms with Crippen LogP contribution in [-0.4, -0.2) is 63.5 Å². The molecule has 8 heteroatoms. The summed E-state index contributed by atoms with van der Waals surface area (Å²) in [6.45, 7) is 6.05. The number of methoxy groups -OCH3 is 1. The van der Waals surface area contributed by atoms with E-state index in [1.165, 1.54) is 11.4 Å². The minimum Gasteiger partial charge on any atom is -0.495 e. The second-order valence-electron chi connectivity index (χ2n) is 6.13. The average Bonchev–Trinajstić information content (AvgIpc) is 2.86. The predicted molar refractivity (Wildman–Crippen MR) is 96.4 cm³/mol. The molecule has 0 spiro atoms. The molecule has 1 N–H and O–H groups in total. The van der Waals surface area contributed by atoms with Crippen molar-refractivity contribution < 1.29 is 17.9 Å². The molecule has 1 aromatic rings. The number of hydrogen-bond donors (Lipinski definition) is 1. The van der Waals surface area contributed by atoms with E-state index in [0.717, 1.165) is 12.0 Å². The number of aryl methyl sites for hydroxylation is 1. The Morgan fingerprint density at radius 2 is 2.00 bits per heavy atom. The number of carbonyl (C=O) groups is 1. The Labute approximate surface area is 150 Å². The van der Waals surface area contributed by atoms with Crippen molar-refractivity contribution >= 4 is 16.1 Å². The first-order valence-electron chi connectivity index (χ1n) is 8.57. The van der Waals surface area contributed by atoms with Gasteiger partial charge in [0.2, 0.25) is 10.0 Å². The molecule has 1 fully saturated rings. The van der Waals surface area contributed by atoms with Crippen molar-refractivity contribution in [2.45, 2.75) is 31.6 Å². The van der Waals surface area contributed by atoms with Gasteiger partial charge in [0.15, 0.2) is 0 Å². The van der Waals surface area contributed by atoms with Crippen molar-refractivity contribution in [1.29, 1.82) is 0 Å². The molecular weight excluding hydrogens is 342 g/mol. The van der Waals surface area contributed by atoms with Gasteiger partial charge in [-0.15, -0.1) is 0 Å². The predicted octanol–water partition coefficient (Wildman–Crippen LogP) is 1.82. The van der Waals surface area contributed by atoms with Crippen LogP contribution in [0.1, 0.15) is 25.3 Å². The second-order valence-corrected chi connectivity index (χ2v) is 8.04. The number of rotatable bonds is 5. The third-order valence-electron chi connectivity index (χ3n) is 4.21. The largest absolute Gasteiger partial charge is 0.495 e. The maximum atomic E-state index is 13.0. The summed E-state index contributed by atoms with van der Waals surface area (Å²) >= 11 is 0. The third kappa shape index (κ3) is 4.64. The number of nitrogens with one attached hydrogen (secondary N) is 1. The number of sulfonamides is 1. The Bertz CT molecular complexity index is 706. The van der Waals surface area contributed by atoms with E-state index in [9.17, 15) is 13.2 Å². The Balaban J connectivity index is 2.16. The second kappa shape index (κ2) is 8.53. The van der Waals surface area contributed by atoms with Crippen molar-refractivity contribution in [3.05, 3.63) is 23.8 Å². The fourth-order valence-corrected chi connectivity index (χ4v) is 4.52. The summed E-state index contributed by atoms with van der Waals surface area (Å²) in [5.74, 6) is 0.340. The van der Waals surface area contributed by atoms with Gasteiger partial charge in [0.1, 0.15) is 10.6 Å². The summed E-state index contributed by atoms with van der Waals surface area (Å²) in [4.78, 5) is 14.0. The number of benzene rings is 1. The number of ether oxygens (including phenoxy) is 1. The molecule has 0 aromatic heterocycles. The fourth-order valence-electron chi connectivity index (χ4n) is 2.81. The molecule has 1 aliphatic rings. The van der Waals surface area contributed by atoms with Gasteiger partial charge in [-0.05, 0) is 37.5 Å². The van der Waals surface area contributed by atoms with Crippen molar-refractivity contribution in [2.24, 2.45) is 0 Å². The maximum absolute atomic E-state index is 13.0. The lowest BCUT2D eigenvalue weighted by molar-refractivity contribution is 0.200. The van der Waals surface area contributed by atoms with Crippen LogP contribution in [0.4, 0.5) is 4.79 Å². The standard InChI is InChI=1S/C17H27N3O4S/c1-4-8-18-17(21)19-9-5-10-20(12-11-19)25(22,23)16-13-14(2)6-7-15(16)24-3/h6-7,13H,4-5,8-12H2,1-3H3,(H,18,21). The molecule has 1 aromatic carbocycles. The van der Waals surface area contributed by atoms with Crippen molar-refractivity contribution in [2.75, 3.05) is 39.8 Å². The van der Waals surface area contributed by atoms with Crippen LogP contribution in [0.2, 0.25) is 0 Å². The minimum absolute atomic E-state index is 0.130. The van der Waals surface area contributed by atoms with Gasteiger partial charge in [0.05, 0.1) is 7.11 Å². The zero-order valence-corrected chi connectivity index (χ0v) is 15.9. The van der Waals surface area contributed by atoms with Gasteiger partial charge < -0.3 is 15.0 Å². The van der Waals surface area contributed by atoms with E-state index in [1.807, 2.05) is 19.9 Å². The number of carbonyl (C=O) groups excluding carboxylic acids is 1. The molecule has 0 atom stereocenters. The topological polar surface area (TPSA) is 79.0 Å². The van der Waals surface area contributed by atoms with Crippen LogP contribution >= 0.6 is 0 Å². The van der Waals surface area contributed by atoms with E-state index < -0.39 is 10.0 Å². The maximum Gasteiger partial charge on any atom is 0.317 e. The van der Waals surface area contributed by atoms with E-state index in [0.29, 0.717) is 38.3 Å². The molecule has 2 amide bonds. The average molecular weight is 369 g/mol. The van der Waals surface area contributed by atoms with Crippen LogP contribution in [0.15, 0.2) is 23.1 Å². The molecule has 0 radical (unpaired) electrons. The summed E-state index contributed by atoms with van der Waals surface area (Å²) < 4.78 is 32.8. The Kier molecular flexibility index (Phi) is 6.66. The molecule has 140 valence electrons. The first-order chi connectivity index (χ1) is 11.9. The summed E-state index contributed by atoms with van der Waals surface area (Å²) in [5.41, 5.74) is 0.856. The summed E-state index contributed by atoms with van der Waals surface area (Å²) in [7, 11) is -2.20. The van der Waals surface area contributed by atoms with Gasteiger partial charge in [-0.2, -0.15) is 4.31 Å².